The van der Waals surface area contributed by atoms with Crippen molar-refractivity contribution in [1.29, 1.82) is 0 Å². The molecule has 1 aliphatic rings. The van der Waals surface area contributed by atoms with Gasteiger partial charge in [0.2, 0.25) is 0 Å². The van der Waals surface area contributed by atoms with Crippen LogP contribution < -0.4 is 0 Å². The van der Waals surface area contributed by atoms with Gasteiger partial charge in [0.15, 0.2) is 0 Å². The van der Waals surface area contributed by atoms with E-state index in [0.29, 0.717) is 0 Å². The number of unbranched alkanes of at least 4 members (excludes halogenated alkanes) is 14. The molecule has 2 aromatic carbocycles. The van der Waals surface area contributed by atoms with Crippen LogP contribution in [0.3, 0.4) is 0 Å². The molecular formula is C34H50Br2. The molecular weight excluding hydrogens is 568 g/mol. The van der Waals surface area contributed by atoms with Crippen LogP contribution in [-0.4, -0.2) is 0 Å². The normalized spacial score (nSPS) is 13.7. The van der Waals surface area contributed by atoms with Crippen LogP contribution in [0.25, 0.3) is 11.1 Å². The Morgan fingerprint density at radius 1 is 0.556 bits per heavy atom. The van der Waals surface area contributed by atoms with Gasteiger partial charge in [0.05, 0.1) is 0 Å². The first-order chi connectivity index (χ1) is 17.5. The van der Waals surface area contributed by atoms with Crippen molar-refractivity contribution in [3.05, 3.63) is 56.0 Å². The molecule has 0 fully saturated rings. The number of halogens is 2. The van der Waals surface area contributed by atoms with Gasteiger partial charge in [0, 0.05) is 14.4 Å². The third-order valence-corrected chi connectivity index (χ3v) is 9.86. The number of rotatable bonds is 18. The highest BCUT2D eigenvalue weighted by atomic mass is 79.9. The number of aryl methyl sites for hydroxylation is 1. The summed E-state index contributed by atoms with van der Waals surface area (Å²) in [6.45, 7) is 6.85. The maximum absolute atomic E-state index is 3.90. The summed E-state index contributed by atoms with van der Waals surface area (Å²) in [5.41, 5.74) is 7.63. The molecule has 0 spiro atoms. The van der Waals surface area contributed by atoms with Gasteiger partial charge in [-0.2, -0.15) is 0 Å². The zero-order chi connectivity index (χ0) is 25.8. The van der Waals surface area contributed by atoms with Crippen LogP contribution in [-0.2, 0) is 5.41 Å². The molecule has 200 valence electrons. The van der Waals surface area contributed by atoms with E-state index in [4.69, 9.17) is 0 Å². The Morgan fingerprint density at radius 3 is 1.56 bits per heavy atom. The highest BCUT2D eigenvalue weighted by molar-refractivity contribution is 9.10. The maximum Gasteiger partial charge on any atom is 0.0216 e. The van der Waals surface area contributed by atoms with Crippen molar-refractivity contribution in [2.24, 2.45) is 0 Å². The molecule has 0 aliphatic heterocycles. The van der Waals surface area contributed by atoms with E-state index >= 15 is 0 Å². The predicted molar refractivity (Wildman–Crippen MR) is 167 cm³/mol. The lowest BCUT2D eigenvalue weighted by atomic mass is 9.70. The molecule has 0 saturated heterocycles. The first-order valence-corrected chi connectivity index (χ1v) is 16.7. The van der Waals surface area contributed by atoms with Gasteiger partial charge in [-0.15, -0.1) is 0 Å². The van der Waals surface area contributed by atoms with E-state index in [9.17, 15) is 0 Å². The van der Waals surface area contributed by atoms with Gasteiger partial charge >= 0.3 is 0 Å². The summed E-state index contributed by atoms with van der Waals surface area (Å²) in [4.78, 5) is 0. The van der Waals surface area contributed by atoms with E-state index in [1.165, 1.54) is 141 Å². The topological polar surface area (TPSA) is 0 Å². The monoisotopic (exact) mass is 616 g/mol. The molecule has 0 N–H and O–H groups in total. The molecule has 0 radical (unpaired) electrons. The van der Waals surface area contributed by atoms with Gasteiger partial charge in [0.25, 0.3) is 0 Å². The van der Waals surface area contributed by atoms with Crippen LogP contribution in [0.15, 0.2) is 39.3 Å². The Balaban J connectivity index is 1.75. The molecule has 3 rings (SSSR count). The molecule has 0 amide bonds. The van der Waals surface area contributed by atoms with Crippen molar-refractivity contribution >= 4 is 31.9 Å². The molecule has 0 bridgehead atoms. The Labute approximate surface area is 239 Å². The molecule has 36 heavy (non-hydrogen) atoms. The second-order valence-corrected chi connectivity index (χ2v) is 13.1. The lowest BCUT2D eigenvalue weighted by Gasteiger charge is -2.33. The van der Waals surface area contributed by atoms with Gasteiger partial charge in [0.1, 0.15) is 0 Å². The third kappa shape index (κ3) is 7.95. The van der Waals surface area contributed by atoms with E-state index in [2.05, 4.69) is 83.0 Å². The van der Waals surface area contributed by atoms with E-state index in [1.807, 2.05) is 0 Å². The Hall–Kier alpha value is -0.600. The molecule has 0 aromatic heterocycles. The van der Waals surface area contributed by atoms with Crippen molar-refractivity contribution < 1.29 is 0 Å². The molecule has 0 saturated carbocycles. The highest BCUT2D eigenvalue weighted by Gasteiger charge is 2.42. The predicted octanol–water partition coefficient (Wildman–Crippen LogP) is 12.8. The van der Waals surface area contributed by atoms with Gasteiger partial charge in [-0.25, -0.2) is 0 Å². The average Bonchev–Trinajstić information content (AvgIpc) is 3.11. The quantitative estimate of drug-likeness (QED) is 0.146. The number of benzene rings is 2. The van der Waals surface area contributed by atoms with Crippen LogP contribution in [0.4, 0.5) is 0 Å². The summed E-state index contributed by atoms with van der Waals surface area (Å²) in [5, 5.41) is 0. The minimum Gasteiger partial charge on any atom is -0.0654 e. The van der Waals surface area contributed by atoms with Gasteiger partial charge in [-0.05, 0) is 71.8 Å². The van der Waals surface area contributed by atoms with Crippen LogP contribution in [0.1, 0.15) is 146 Å². The van der Waals surface area contributed by atoms with E-state index in [-0.39, 0.29) is 5.41 Å². The number of hydrogen-bond acceptors (Lipinski definition) is 0. The molecule has 0 heterocycles. The summed E-state index contributed by atoms with van der Waals surface area (Å²) >= 11 is 7.72. The molecule has 2 aromatic rings. The van der Waals surface area contributed by atoms with Gasteiger partial charge < -0.3 is 0 Å². The lowest BCUT2D eigenvalue weighted by Crippen LogP contribution is -2.25. The Kier molecular flexibility index (Phi) is 13.1. The molecule has 0 atom stereocenters. The minimum absolute atomic E-state index is 0.162. The average molecular weight is 619 g/mol. The summed E-state index contributed by atoms with van der Waals surface area (Å²) < 4.78 is 2.49. The van der Waals surface area contributed by atoms with Crippen LogP contribution >= 0.6 is 31.9 Å². The van der Waals surface area contributed by atoms with Crippen LogP contribution in [0.2, 0.25) is 0 Å². The third-order valence-electron chi connectivity index (χ3n) is 8.52. The number of fused-ring (bicyclic) bond motifs is 3. The fourth-order valence-electron chi connectivity index (χ4n) is 6.38. The van der Waals surface area contributed by atoms with Crippen molar-refractivity contribution in [2.75, 3.05) is 0 Å². The fraction of sp³-hybridized carbons (Fsp3) is 0.647. The molecule has 0 nitrogen and oxygen atoms in total. The van der Waals surface area contributed by atoms with E-state index < -0.39 is 0 Å². The van der Waals surface area contributed by atoms with Crippen molar-refractivity contribution in [1.82, 2.24) is 0 Å². The standard InChI is InChI=1S/C34H50Br2/c1-4-6-8-10-12-14-16-18-22-34(23-19-17-15-13-11-9-7-5-2)31-25-28(35)20-21-29(31)30-24-27(3)33(36)26-32(30)34/h20-21,24-26H,4-19,22-23H2,1-3H3. The van der Waals surface area contributed by atoms with Crippen molar-refractivity contribution in [2.45, 2.75) is 142 Å². The van der Waals surface area contributed by atoms with Crippen LogP contribution in [0.5, 0.6) is 0 Å². The second-order valence-electron chi connectivity index (χ2n) is 11.4. The summed E-state index contributed by atoms with van der Waals surface area (Å²) in [6.07, 6.45) is 24.7. The summed E-state index contributed by atoms with van der Waals surface area (Å²) in [7, 11) is 0. The maximum atomic E-state index is 3.90. The summed E-state index contributed by atoms with van der Waals surface area (Å²) in [6, 6.07) is 12.0. The summed E-state index contributed by atoms with van der Waals surface area (Å²) in [5.74, 6) is 0. The first kappa shape index (κ1) is 29.9. The van der Waals surface area contributed by atoms with Crippen LogP contribution in [0, 0.1) is 6.92 Å². The SMILES string of the molecule is CCCCCCCCCCC1(CCCCCCCCCC)c2cc(Br)ccc2-c2cc(C)c(Br)cc21. The van der Waals surface area contributed by atoms with E-state index in [0.717, 1.165) is 0 Å². The van der Waals surface area contributed by atoms with Crippen molar-refractivity contribution in [3.63, 3.8) is 0 Å². The second kappa shape index (κ2) is 15.7. The Bertz CT molecular complexity index is 909. The largest absolute Gasteiger partial charge is 0.0654 e. The first-order valence-electron chi connectivity index (χ1n) is 15.1. The minimum atomic E-state index is 0.162. The van der Waals surface area contributed by atoms with E-state index in [1.54, 1.807) is 11.1 Å². The Morgan fingerprint density at radius 2 is 1.03 bits per heavy atom. The van der Waals surface area contributed by atoms with Crippen molar-refractivity contribution in [3.8, 4) is 11.1 Å². The van der Waals surface area contributed by atoms with Gasteiger partial charge in [-0.3, -0.25) is 0 Å². The van der Waals surface area contributed by atoms with Gasteiger partial charge in [-0.1, -0.05) is 155 Å². The fourth-order valence-corrected chi connectivity index (χ4v) is 7.08. The molecule has 2 heteroatoms. The zero-order valence-electron chi connectivity index (χ0n) is 23.4. The zero-order valence-corrected chi connectivity index (χ0v) is 26.5. The highest BCUT2D eigenvalue weighted by Crippen LogP contribution is 2.55. The number of hydrogen-bond donors (Lipinski definition) is 0. The molecule has 1 aliphatic carbocycles. The lowest BCUT2D eigenvalue weighted by molar-refractivity contribution is 0.397. The smallest absolute Gasteiger partial charge is 0.0216 e. The molecule has 0 unspecified atom stereocenters.